The van der Waals surface area contributed by atoms with Gasteiger partial charge in [-0.05, 0) is 50.5 Å². The van der Waals surface area contributed by atoms with Gasteiger partial charge in [0.15, 0.2) is 0 Å². The van der Waals surface area contributed by atoms with Crippen molar-refractivity contribution in [2.75, 3.05) is 6.54 Å². The van der Waals surface area contributed by atoms with Crippen molar-refractivity contribution in [2.45, 2.75) is 97.4 Å². The summed E-state index contributed by atoms with van der Waals surface area (Å²) in [6.45, 7) is 8.24. The van der Waals surface area contributed by atoms with Crippen molar-refractivity contribution >= 4 is 0 Å². The Kier molecular flexibility index (Phi) is 9.59. The van der Waals surface area contributed by atoms with Gasteiger partial charge in [0.2, 0.25) is 0 Å². The van der Waals surface area contributed by atoms with Crippen molar-refractivity contribution in [3.8, 4) is 0 Å². The quantitative estimate of drug-likeness (QED) is 0.512. The van der Waals surface area contributed by atoms with Crippen LogP contribution in [0.1, 0.15) is 91.4 Å². The van der Waals surface area contributed by atoms with E-state index in [1.165, 1.54) is 77.2 Å². The Labute approximate surface area is 121 Å². The Morgan fingerprint density at radius 2 is 1.63 bits per heavy atom. The molecule has 1 nitrogen and oxygen atoms in total. The van der Waals surface area contributed by atoms with Crippen LogP contribution in [0.15, 0.2) is 0 Å². The zero-order valence-corrected chi connectivity index (χ0v) is 13.7. The lowest BCUT2D eigenvalue weighted by Crippen LogP contribution is -2.40. The van der Waals surface area contributed by atoms with Crippen LogP contribution in [0.5, 0.6) is 0 Å². The highest BCUT2D eigenvalue weighted by molar-refractivity contribution is 4.83. The molecule has 0 aromatic heterocycles. The van der Waals surface area contributed by atoms with Crippen molar-refractivity contribution in [1.82, 2.24) is 5.32 Å². The van der Waals surface area contributed by atoms with E-state index in [1.54, 1.807) is 0 Å². The first-order valence-electron chi connectivity index (χ1n) is 9.01. The minimum atomic E-state index is 0.826. The number of hydrogen-bond acceptors (Lipinski definition) is 1. The van der Waals surface area contributed by atoms with Crippen molar-refractivity contribution < 1.29 is 0 Å². The number of unbranched alkanes of at least 4 members (excludes halogenated alkanes) is 5. The van der Waals surface area contributed by atoms with E-state index in [-0.39, 0.29) is 0 Å². The van der Waals surface area contributed by atoms with Crippen LogP contribution >= 0.6 is 0 Å². The monoisotopic (exact) mass is 267 g/mol. The van der Waals surface area contributed by atoms with Gasteiger partial charge in [0, 0.05) is 6.04 Å². The summed E-state index contributed by atoms with van der Waals surface area (Å²) in [5, 5.41) is 3.80. The lowest BCUT2D eigenvalue weighted by Gasteiger charge is -2.35. The van der Waals surface area contributed by atoms with Gasteiger partial charge in [0.25, 0.3) is 0 Å². The van der Waals surface area contributed by atoms with Gasteiger partial charge in [-0.15, -0.1) is 0 Å². The van der Waals surface area contributed by atoms with Gasteiger partial charge in [0.1, 0.15) is 0 Å². The van der Waals surface area contributed by atoms with E-state index in [2.05, 4.69) is 26.1 Å². The van der Waals surface area contributed by atoms with E-state index in [9.17, 15) is 0 Å². The van der Waals surface area contributed by atoms with Gasteiger partial charge >= 0.3 is 0 Å². The summed E-state index contributed by atoms with van der Waals surface area (Å²) >= 11 is 0. The molecule has 0 heterocycles. The Morgan fingerprint density at radius 3 is 2.37 bits per heavy atom. The minimum absolute atomic E-state index is 0.826. The largest absolute Gasteiger partial charge is 0.314 e. The second-order valence-corrected chi connectivity index (χ2v) is 6.80. The highest BCUT2D eigenvalue weighted by Gasteiger charge is 2.27. The fraction of sp³-hybridized carbons (Fsp3) is 1.00. The Balaban J connectivity index is 2.18. The summed E-state index contributed by atoms with van der Waals surface area (Å²) < 4.78 is 0. The van der Waals surface area contributed by atoms with Crippen LogP contribution in [-0.2, 0) is 0 Å². The molecular weight excluding hydrogens is 230 g/mol. The van der Waals surface area contributed by atoms with E-state index in [4.69, 9.17) is 0 Å². The fourth-order valence-corrected chi connectivity index (χ4v) is 3.60. The van der Waals surface area contributed by atoms with E-state index >= 15 is 0 Å². The summed E-state index contributed by atoms with van der Waals surface area (Å²) in [6, 6.07) is 0.826. The molecule has 1 saturated carbocycles. The molecule has 0 aliphatic heterocycles. The average Bonchev–Trinajstić information content (AvgIpc) is 2.42. The number of rotatable bonds is 10. The predicted molar refractivity (Wildman–Crippen MR) is 86.6 cm³/mol. The molecule has 0 saturated heterocycles. The molecule has 1 aliphatic rings. The first-order valence-corrected chi connectivity index (χ1v) is 9.01. The third kappa shape index (κ3) is 7.34. The standard InChI is InChI=1S/C18H37N/c1-4-6-7-8-9-10-11-17-15-16(3)12-13-18(17)19-14-5-2/h16-19H,4-15H2,1-3H3. The molecule has 1 N–H and O–H groups in total. The first-order chi connectivity index (χ1) is 9.27. The van der Waals surface area contributed by atoms with Crippen molar-refractivity contribution in [3.63, 3.8) is 0 Å². The topological polar surface area (TPSA) is 12.0 Å². The zero-order chi connectivity index (χ0) is 13.9. The molecule has 0 spiro atoms. The van der Waals surface area contributed by atoms with Crippen LogP contribution in [-0.4, -0.2) is 12.6 Å². The van der Waals surface area contributed by atoms with Crippen LogP contribution < -0.4 is 5.32 Å². The van der Waals surface area contributed by atoms with Crippen LogP contribution in [0.25, 0.3) is 0 Å². The third-order valence-corrected chi connectivity index (χ3v) is 4.83. The second-order valence-electron chi connectivity index (χ2n) is 6.80. The number of nitrogens with one attached hydrogen (secondary N) is 1. The molecule has 1 aliphatic carbocycles. The van der Waals surface area contributed by atoms with E-state index in [1.807, 2.05) is 0 Å². The van der Waals surface area contributed by atoms with Crippen molar-refractivity contribution in [2.24, 2.45) is 11.8 Å². The maximum absolute atomic E-state index is 3.80. The molecule has 1 heteroatoms. The molecule has 0 radical (unpaired) electrons. The number of hydrogen-bond donors (Lipinski definition) is 1. The summed E-state index contributed by atoms with van der Waals surface area (Å²) in [4.78, 5) is 0. The zero-order valence-electron chi connectivity index (χ0n) is 13.7. The molecule has 1 rings (SSSR count). The Hall–Kier alpha value is -0.0400. The SMILES string of the molecule is CCCCCCCCC1CC(C)CCC1NCCC. The van der Waals surface area contributed by atoms with Crippen LogP contribution in [0.3, 0.4) is 0 Å². The average molecular weight is 268 g/mol. The molecule has 1 fully saturated rings. The van der Waals surface area contributed by atoms with Crippen molar-refractivity contribution in [1.29, 1.82) is 0 Å². The molecule has 114 valence electrons. The molecule has 0 aromatic rings. The fourth-order valence-electron chi connectivity index (χ4n) is 3.60. The second kappa shape index (κ2) is 10.7. The smallest absolute Gasteiger partial charge is 0.00955 e. The molecule has 0 aromatic carbocycles. The van der Waals surface area contributed by atoms with Gasteiger partial charge in [-0.2, -0.15) is 0 Å². The van der Waals surface area contributed by atoms with Crippen molar-refractivity contribution in [3.05, 3.63) is 0 Å². The van der Waals surface area contributed by atoms with E-state index in [0.717, 1.165) is 17.9 Å². The highest BCUT2D eigenvalue weighted by Crippen LogP contribution is 2.32. The van der Waals surface area contributed by atoms with Crippen LogP contribution in [0.2, 0.25) is 0 Å². The summed E-state index contributed by atoms with van der Waals surface area (Å²) in [6.07, 6.45) is 15.7. The summed E-state index contributed by atoms with van der Waals surface area (Å²) in [5.74, 6) is 1.92. The van der Waals surface area contributed by atoms with Gasteiger partial charge in [-0.25, -0.2) is 0 Å². The van der Waals surface area contributed by atoms with Crippen LogP contribution in [0, 0.1) is 11.8 Å². The van der Waals surface area contributed by atoms with Gasteiger partial charge in [-0.1, -0.05) is 59.3 Å². The lowest BCUT2D eigenvalue weighted by atomic mass is 9.76. The van der Waals surface area contributed by atoms with Gasteiger partial charge in [0.05, 0.1) is 0 Å². The molecule has 0 bridgehead atoms. The maximum atomic E-state index is 3.80. The molecule has 3 unspecified atom stereocenters. The maximum Gasteiger partial charge on any atom is 0.00955 e. The van der Waals surface area contributed by atoms with Gasteiger partial charge < -0.3 is 5.32 Å². The summed E-state index contributed by atoms with van der Waals surface area (Å²) in [5.41, 5.74) is 0. The molecular formula is C18H37N. The third-order valence-electron chi connectivity index (χ3n) is 4.83. The normalized spacial score (nSPS) is 27.6. The predicted octanol–water partition coefficient (Wildman–Crippen LogP) is 5.54. The molecule has 19 heavy (non-hydrogen) atoms. The van der Waals surface area contributed by atoms with E-state index in [0.29, 0.717) is 0 Å². The summed E-state index contributed by atoms with van der Waals surface area (Å²) in [7, 11) is 0. The Bertz CT molecular complexity index is 200. The van der Waals surface area contributed by atoms with Gasteiger partial charge in [-0.3, -0.25) is 0 Å². The lowest BCUT2D eigenvalue weighted by molar-refractivity contribution is 0.199. The van der Waals surface area contributed by atoms with E-state index < -0.39 is 0 Å². The minimum Gasteiger partial charge on any atom is -0.314 e. The molecule has 3 atom stereocenters. The highest BCUT2D eigenvalue weighted by atomic mass is 14.9. The molecule has 0 amide bonds. The first kappa shape index (κ1) is 17.0. The Morgan fingerprint density at radius 1 is 0.895 bits per heavy atom. The van der Waals surface area contributed by atoms with Crippen LogP contribution in [0.4, 0.5) is 0 Å².